The van der Waals surface area contributed by atoms with E-state index in [1.165, 1.54) is 23.5 Å². The zero-order valence-corrected chi connectivity index (χ0v) is 17.4. The molecule has 0 radical (unpaired) electrons. The van der Waals surface area contributed by atoms with Gasteiger partial charge >= 0.3 is 0 Å². The fraction of sp³-hybridized carbons (Fsp3) is 0.227. The van der Waals surface area contributed by atoms with Crippen molar-refractivity contribution >= 4 is 34.5 Å². The second-order valence-electron chi connectivity index (χ2n) is 7.12. The summed E-state index contributed by atoms with van der Waals surface area (Å²) >= 11 is 1.47. The molecule has 2 N–H and O–H groups in total. The van der Waals surface area contributed by atoms with Crippen LogP contribution in [0.1, 0.15) is 25.7 Å². The van der Waals surface area contributed by atoms with Gasteiger partial charge in [0.05, 0.1) is 10.4 Å². The van der Waals surface area contributed by atoms with Crippen molar-refractivity contribution in [3.05, 3.63) is 80.4 Å². The SMILES string of the molecule is Cc1[nH]c(=O)ccc1C(=O)Nc1ccc(N2CCN(C(=O)c3cccs3)CC2)cc1. The molecule has 1 aliphatic heterocycles. The minimum absolute atomic E-state index is 0.0975. The number of thiophene rings is 1. The second-order valence-corrected chi connectivity index (χ2v) is 8.07. The first-order valence-corrected chi connectivity index (χ1v) is 10.6. The topological polar surface area (TPSA) is 85.5 Å². The molecule has 0 bridgehead atoms. The third kappa shape index (κ3) is 4.28. The number of benzene rings is 1. The van der Waals surface area contributed by atoms with Crippen molar-refractivity contribution in [2.24, 2.45) is 0 Å². The summed E-state index contributed by atoms with van der Waals surface area (Å²) in [5.74, 6) is -0.169. The van der Waals surface area contributed by atoms with Crippen LogP contribution in [0.25, 0.3) is 0 Å². The predicted molar refractivity (Wildman–Crippen MR) is 119 cm³/mol. The molecular weight excluding hydrogens is 400 g/mol. The molecule has 4 rings (SSSR count). The van der Waals surface area contributed by atoms with Crippen molar-refractivity contribution in [2.75, 3.05) is 36.4 Å². The fourth-order valence-electron chi connectivity index (χ4n) is 3.50. The first-order valence-electron chi connectivity index (χ1n) is 9.70. The molecule has 154 valence electrons. The van der Waals surface area contributed by atoms with Gasteiger partial charge in [-0.05, 0) is 48.7 Å². The molecule has 0 aliphatic carbocycles. The largest absolute Gasteiger partial charge is 0.368 e. The number of amides is 2. The van der Waals surface area contributed by atoms with Gasteiger partial charge in [-0.3, -0.25) is 14.4 Å². The third-order valence-electron chi connectivity index (χ3n) is 5.15. The number of nitrogens with zero attached hydrogens (tertiary/aromatic N) is 2. The van der Waals surface area contributed by atoms with Gasteiger partial charge in [-0.2, -0.15) is 0 Å². The molecule has 1 saturated heterocycles. The Morgan fingerprint density at radius 2 is 1.73 bits per heavy atom. The number of nitrogens with one attached hydrogen (secondary N) is 2. The molecule has 3 aromatic rings. The molecule has 30 heavy (non-hydrogen) atoms. The second kappa shape index (κ2) is 8.54. The summed E-state index contributed by atoms with van der Waals surface area (Å²) in [6, 6.07) is 14.3. The summed E-state index contributed by atoms with van der Waals surface area (Å²) in [6.45, 7) is 4.59. The minimum Gasteiger partial charge on any atom is -0.368 e. The van der Waals surface area contributed by atoms with Crippen LogP contribution in [0.3, 0.4) is 0 Å². The highest BCUT2D eigenvalue weighted by molar-refractivity contribution is 7.12. The first-order chi connectivity index (χ1) is 14.5. The lowest BCUT2D eigenvalue weighted by atomic mass is 10.2. The lowest BCUT2D eigenvalue weighted by Gasteiger charge is -2.36. The van der Waals surface area contributed by atoms with E-state index in [1.54, 1.807) is 6.92 Å². The number of aromatic amines is 1. The minimum atomic E-state index is -0.266. The molecule has 3 heterocycles. The summed E-state index contributed by atoms with van der Waals surface area (Å²) in [4.78, 5) is 43.8. The van der Waals surface area contributed by atoms with E-state index < -0.39 is 0 Å². The van der Waals surface area contributed by atoms with Crippen LogP contribution in [0.4, 0.5) is 11.4 Å². The molecule has 2 aromatic heterocycles. The molecule has 0 spiro atoms. The zero-order chi connectivity index (χ0) is 21.1. The highest BCUT2D eigenvalue weighted by Gasteiger charge is 2.22. The third-order valence-corrected chi connectivity index (χ3v) is 6.01. The Bertz CT molecular complexity index is 1100. The van der Waals surface area contributed by atoms with Crippen LogP contribution < -0.4 is 15.8 Å². The number of rotatable bonds is 4. The summed E-state index contributed by atoms with van der Waals surface area (Å²) in [7, 11) is 0. The van der Waals surface area contributed by atoms with Gasteiger partial charge in [0.1, 0.15) is 0 Å². The molecule has 2 amide bonds. The number of carbonyl (C=O) groups is 2. The number of pyridine rings is 1. The van der Waals surface area contributed by atoms with Crippen LogP contribution >= 0.6 is 11.3 Å². The van der Waals surface area contributed by atoms with E-state index in [9.17, 15) is 14.4 Å². The van der Waals surface area contributed by atoms with Crippen molar-refractivity contribution < 1.29 is 9.59 Å². The normalized spacial score (nSPS) is 13.9. The molecule has 0 saturated carbocycles. The van der Waals surface area contributed by atoms with Crippen LogP contribution in [0, 0.1) is 6.92 Å². The van der Waals surface area contributed by atoms with Gasteiger partial charge in [0.15, 0.2) is 0 Å². The molecule has 0 atom stereocenters. The highest BCUT2D eigenvalue weighted by Crippen LogP contribution is 2.21. The van der Waals surface area contributed by atoms with E-state index in [1.807, 2.05) is 46.7 Å². The van der Waals surface area contributed by atoms with Crippen molar-refractivity contribution in [3.63, 3.8) is 0 Å². The number of aromatic nitrogens is 1. The molecular formula is C22H22N4O3S. The van der Waals surface area contributed by atoms with Crippen LogP contribution in [0.15, 0.2) is 58.7 Å². The summed E-state index contributed by atoms with van der Waals surface area (Å²) < 4.78 is 0. The lowest BCUT2D eigenvalue weighted by molar-refractivity contribution is 0.0751. The number of hydrogen-bond acceptors (Lipinski definition) is 5. The predicted octanol–water partition coefficient (Wildman–Crippen LogP) is 2.96. The van der Waals surface area contributed by atoms with Gasteiger partial charge in [0.2, 0.25) is 5.56 Å². The maximum Gasteiger partial charge on any atom is 0.264 e. The van der Waals surface area contributed by atoms with Gasteiger partial charge in [-0.1, -0.05) is 6.07 Å². The lowest BCUT2D eigenvalue weighted by Crippen LogP contribution is -2.48. The maximum absolute atomic E-state index is 12.5. The average molecular weight is 423 g/mol. The summed E-state index contributed by atoms with van der Waals surface area (Å²) in [5, 5.41) is 4.77. The molecule has 1 aliphatic rings. The first kappa shape index (κ1) is 19.9. The summed E-state index contributed by atoms with van der Waals surface area (Å²) in [6.07, 6.45) is 0. The number of hydrogen-bond donors (Lipinski definition) is 2. The van der Waals surface area contributed by atoms with Gasteiger partial charge < -0.3 is 20.1 Å². The molecule has 1 fully saturated rings. The molecule has 8 heteroatoms. The Hall–Kier alpha value is -3.39. The Kier molecular flexibility index (Phi) is 5.67. The van der Waals surface area contributed by atoms with E-state index in [4.69, 9.17) is 0 Å². The maximum atomic E-state index is 12.5. The Labute approximate surface area is 178 Å². The van der Waals surface area contributed by atoms with Crippen LogP contribution in [0.2, 0.25) is 0 Å². The van der Waals surface area contributed by atoms with Crippen molar-refractivity contribution in [2.45, 2.75) is 6.92 Å². The van der Waals surface area contributed by atoms with E-state index in [2.05, 4.69) is 15.2 Å². The molecule has 0 unspecified atom stereocenters. The zero-order valence-electron chi connectivity index (χ0n) is 16.6. The molecule has 1 aromatic carbocycles. The Morgan fingerprint density at radius 3 is 2.37 bits per heavy atom. The quantitative estimate of drug-likeness (QED) is 0.677. The van der Waals surface area contributed by atoms with E-state index >= 15 is 0 Å². The van der Waals surface area contributed by atoms with Crippen LogP contribution in [-0.2, 0) is 0 Å². The van der Waals surface area contributed by atoms with Gasteiger partial charge in [-0.15, -0.1) is 11.3 Å². The van der Waals surface area contributed by atoms with Crippen molar-refractivity contribution in [1.29, 1.82) is 0 Å². The molecule has 7 nitrogen and oxygen atoms in total. The highest BCUT2D eigenvalue weighted by atomic mass is 32.1. The number of carbonyl (C=O) groups excluding carboxylic acids is 2. The van der Waals surface area contributed by atoms with Crippen LogP contribution in [-0.4, -0.2) is 47.9 Å². The number of H-pyrrole nitrogens is 1. The van der Waals surface area contributed by atoms with Gasteiger partial charge in [0.25, 0.3) is 11.8 Å². The Balaban J connectivity index is 1.35. The van der Waals surface area contributed by atoms with Gasteiger partial charge in [-0.25, -0.2) is 0 Å². The van der Waals surface area contributed by atoms with E-state index in [-0.39, 0.29) is 17.4 Å². The van der Waals surface area contributed by atoms with Gasteiger partial charge in [0, 0.05) is 49.3 Å². The monoisotopic (exact) mass is 422 g/mol. The standard InChI is InChI=1S/C22H22N4O3S/c1-15-18(8-9-20(27)23-15)21(28)24-16-4-6-17(7-5-16)25-10-12-26(13-11-25)22(29)19-3-2-14-30-19/h2-9,14H,10-13H2,1H3,(H,23,27)(H,24,28). The summed E-state index contributed by atoms with van der Waals surface area (Å²) in [5.41, 5.74) is 2.47. The average Bonchev–Trinajstić information content (AvgIpc) is 3.29. The van der Waals surface area contributed by atoms with Crippen LogP contribution in [0.5, 0.6) is 0 Å². The number of piperazine rings is 1. The smallest absolute Gasteiger partial charge is 0.264 e. The van der Waals surface area contributed by atoms with E-state index in [0.29, 0.717) is 30.0 Å². The van der Waals surface area contributed by atoms with Crippen molar-refractivity contribution in [3.8, 4) is 0 Å². The Morgan fingerprint density at radius 1 is 1.00 bits per heavy atom. The number of aryl methyl sites for hydroxylation is 1. The van der Waals surface area contributed by atoms with Crippen molar-refractivity contribution in [1.82, 2.24) is 9.88 Å². The fourth-order valence-corrected chi connectivity index (χ4v) is 4.19. The number of anilines is 2. The van der Waals surface area contributed by atoms with E-state index in [0.717, 1.165) is 23.7 Å².